The number of nitrogens with zero attached hydrogens (tertiary/aromatic N) is 11. The smallest absolute Gasteiger partial charge is 0.268 e. The van der Waals surface area contributed by atoms with Gasteiger partial charge in [-0.2, -0.15) is 15.1 Å². The fourth-order valence-corrected chi connectivity index (χ4v) is 22.9. The quantitative estimate of drug-likeness (QED) is 0.0354. The number of aryl methyl sites for hydroxylation is 5. The van der Waals surface area contributed by atoms with E-state index >= 15 is 0 Å². The first-order valence-corrected chi connectivity index (χ1v) is 52.3. The zero-order chi connectivity index (χ0) is 98.8. The van der Waals surface area contributed by atoms with Crippen molar-refractivity contribution >= 4 is 108 Å². The Labute approximate surface area is 850 Å². The molecule has 0 saturated carbocycles. The van der Waals surface area contributed by atoms with Crippen LogP contribution in [-0.2, 0) is 7.05 Å². The highest BCUT2D eigenvalue weighted by Crippen LogP contribution is 2.44. The minimum Gasteiger partial charge on any atom is -0.490 e. The maximum Gasteiger partial charge on any atom is 0.268 e. The van der Waals surface area contributed by atoms with E-state index in [1.165, 1.54) is 65.3 Å². The molecule has 12 heterocycles. The van der Waals surface area contributed by atoms with Crippen LogP contribution in [0, 0.1) is 27.7 Å². The van der Waals surface area contributed by atoms with Crippen LogP contribution in [0.2, 0.25) is 0 Å². The fraction of sp³-hybridized carbons (Fsp3) is 0.311. The van der Waals surface area contributed by atoms with Gasteiger partial charge < -0.3 is 81.3 Å². The number of para-hydroxylation sites is 1. The van der Waals surface area contributed by atoms with Crippen LogP contribution in [0.4, 0.5) is 0 Å². The number of rotatable bonds is 28. The lowest BCUT2D eigenvalue weighted by molar-refractivity contribution is 0.0596. The number of hydrogen-bond donors (Lipinski definition) is 4. The molecule has 8 aromatic heterocycles. The number of aliphatic hydroxyl groups is 4. The summed E-state index contributed by atoms with van der Waals surface area (Å²) in [6.07, 6.45) is 8.27. The van der Waals surface area contributed by atoms with E-state index in [1.54, 1.807) is 28.9 Å². The summed E-state index contributed by atoms with van der Waals surface area (Å²) >= 11 is 3.18. The average Bonchev–Trinajstić information content (AvgIpc) is 1.57. The number of hydrogen-bond acceptors (Lipinski definition) is 25. The number of likely N-dealkylation sites (tertiary alicyclic amines) is 4. The van der Waals surface area contributed by atoms with Crippen LogP contribution in [0.1, 0.15) is 120 Å². The van der Waals surface area contributed by atoms with Crippen molar-refractivity contribution in [1.29, 1.82) is 0 Å². The largest absolute Gasteiger partial charge is 0.490 e. The standard InChI is InChI=1S/C31H33N3O3.C30H30N2O4.2C29H29N3O3S/c1-21-16-28(32-33(21)2)31-18-27-29(8-5-9-30(27)37-31)36-20-26(35)19-34-14-12-23(13-15-34)25-11-10-22-6-3-4-7-24(22)17-25;1-20-17-31-30(35-20)28-16-25-7-4-8-27(29(25)36-28)34-19-26(33)18-32-13-11-22(12-14-32)24-10-9-21-5-2-3-6-23(21)15-24;1-19-30-29(35-31-19)28-16-25-26(10-5-11-27(25)36-28)34-18-22(33)17-32-14-12-21(13-15-32)24-9-4-7-20-6-2-3-8-23(20)24;1-19-30-29(35-31-19)28-16-25-26(7-4-8-27(25)36-28)34-18-24(33)17-32-13-11-21(12-14-32)23-10-9-20-5-2-3-6-22(20)15-23/h3-11,16-18,23,26,35H,12-15,19-20H2,1-2H3;2-10,15-17,22,26,33H,11-14,18-19H2,1H3;2-11,16,21-22,33H,12-15,17-18H2,1H3;2-10,15-16,21,24,33H,11-14,17-18H2,1H3/t2*26-;22-;24-/m0000/s1. The zero-order valence-corrected chi connectivity index (χ0v) is 84.0. The van der Waals surface area contributed by atoms with Crippen LogP contribution in [0.15, 0.2) is 301 Å². The lowest BCUT2D eigenvalue weighted by atomic mass is 9.86. The van der Waals surface area contributed by atoms with Crippen molar-refractivity contribution in [2.24, 2.45) is 7.05 Å². The summed E-state index contributed by atoms with van der Waals surface area (Å²) in [7, 11) is 1.92. The molecule has 26 heteroatoms. The minimum atomic E-state index is -0.582. The first-order valence-electron chi connectivity index (χ1n) is 50.6. The van der Waals surface area contributed by atoms with E-state index in [9.17, 15) is 20.4 Å². The predicted molar refractivity (Wildman–Crippen MR) is 575 cm³/mol. The number of furan rings is 2. The van der Waals surface area contributed by atoms with E-state index in [0.29, 0.717) is 108 Å². The predicted octanol–water partition coefficient (Wildman–Crippen LogP) is 24.1. The number of oxazole rings is 1. The number of piperidine rings is 4. The molecule has 145 heavy (non-hydrogen) atoms. The molecule has 24 nitrogen and oxygen atoms in total. The summed E-state index contributed by atoms with van der Waals surface area (Å²) in [6, 6.07) is 94.8. The Hall–Kier alpha value is -13.7. The van der Waals surface area contributed by atoms with Crippen LogP contribution in [0.25, 0.3) is 130 Å². The Kier molecular flexibility index (Phi) is 30.1. The first-order chi connectivity index (χ1) is 70.9. The molecule has 4 aliphatic rings. The van der Waals surface area contributed by atoms with Crippen molar-refractivity contribution in [2.75, 3.05) is 105 Å². The third-order valence-corrected chi connectivity index (χ3v) is 30.9. The highest BCUT2D eigenvalue weighted by molar-refractivity contribution is 7.22. The van der Waals surface area contributed by atoms with Gasteiger partial charge in [0.15, 0.2) is 34.5 Å². The number of benzene rings is 12. The molecular weight excluding hydrogens is 1860 g/mol. The van der Waals surface area contributed by atoms with Crippen LogP contribution >= 0.6 is 22.7 Å². The Balaban J connectivity index is 0.000000114. The topological polar surface area (TPSA) is 279 Å². The van der Waals surface area contributed by atoms with Crippen LogP contribution in [0.5, 0.6) is 23.0 Å². The Bertz CT molecular complexity index is 7540. The highest BCUT2D eigenvalue weighted by atomic mass is 32.1. The third-order valence-electron chi connectivity index (χ3n) is 28.7. The van der Waals surface area contributed by atoms with Gasteiger partial charge in [0.25, 0.3) is 17.7 Å². The maximum atomic E-state index is 10.7. The monoisotopic (exact) mass is 1980 g/mol. The van der Waals surface area contributed by atoms with Gasteiger partial charge >= 0.3 is 0 Å². The van der Waals surface area contributed by atoms with Gasteiger partial charge in [-0.1, -0.05) is 211 Å². The second-order valence-corrected chi connectivity index (χ2v) is 41.2. The molecule has 0 amide bonds. The van der Waals surface area contributed by atoms with E-state index < -0.39 is 24.4 Å². The molecule has 0 aliphatic carbocycles. The SMILES string of the molecule is Cc1cc(-c2cc3c(OC[C@@H](O)CN4CCC(c5ccc6ccccc6c5)CC4)cccc3o2)nn1C.Cc1cnc(-c2cc3cccc(OC[C@@H](O)CN4CCC(c5ccc6ccccc6c5)CC4)c3o2)o1.Cc1noc(-c2cc3c(OC[C@@H](O)CN4CCC(c5ccc6ccccc6c5)CC4)cccc3s2)n1.Cc1noc(-c2cc3c(OC[C@@H](O)CN4CCC(c5cccc6ccccc56)CC4)cccc3s2)n1. The zero-order valence-electron chi connectivity index (χ0n) is 82.3. The summed E-state index contributed by atoms with van der Waals surface area (Å²) in [5.41, 5.74) is 8.98. The lowest BCUT2D eigenvalue weighted by Gasteiger charge is -2.33. The number of ether oxygens (including phenoxy) is 4. The van der Waals surface area contributed by atoms with E-state index in [0.717, 1.165) is 179 Å². The summed E-state index contributed by atoms with van der Waals surface area (Å²) in [4.78, 5) is 24.1. The van der Waals surface area contributed by atoms with Gasteiger partial charge in [-0.05, 0) is 293 Å². The van der Waals surface area contributed by atoms with Crippen molar-refractivity contribution in [3.63, 3.8) is 0 Å². The number of aromatic nitrogens is 7. The molecular formula is C119H121N11O13S2. The first kappa shape index (κ1) is 97.3. The Morgan fingerprint density at radius 1 is 0.352 bits per heavy atom. The number of β-amino-alcohol motifs (C(OH)–C–C–N with tert-alkyl or cyclic N) is 4. The van der Waals surface area contributed by atoms with E-state index in [4.69, 9.17) is 41.2 Å². The molecule has 0 unspecified atom stereocenters. The molecule has 4 aliphatic heterocycles. The molecule has 0 radical (unpaired) electrons. The lowest BCUT2D eigenvalue weighted by Crippen LogP contribution is -2.40. The molecule has 4 N–H and O–H groups in total. The second kappa shape index (κ2) is 44.9. The Morgan fingerprint density at radius 3 is 1.19 bits per heavy atom. The van der Waals surface area contributed by atoms with Gasteiger partial charge in [0.1, 0.15) is 85.1 Å². The van der Waals surface area contributed by atoms with Gasteiger partial charge in [0, 0.05) is 64.5 Å². The highest BCUT2D eigenvalue weighted by Gasteiger charge is 2.31. The molecule has 4 saturated heterocycles. The molecule has 742 valence electrons. The van der Waals surface area contributed by atoms with Gasteiger partial charge in [-0.15, -0.1) is 22.7 Å². The number of aliphatic hydroxyl groups excluding tert-OH is 4. The Morgan fingerprint density at radius 2 is 0.752 bits per heavy atom. The normalized spacial score (nSPS) is 16.0. The molecule has 0 bridgehead atoms. The third kappa shape index (κ3) is 23.5. The summed E-state index contributed by atoms with van der Waals surface area (Å²) < 4.78 is 56.5. The second-order valence-electron chi connectivity index (χ2n) is 39.0. The van der Waals surface area contributed by atoms with E-state index in [1.807, 2.05) is 130 Å². The van der Waals surface area contributed by atoms with E-state index in [2.05, 4.69) is 232 Å². The molecule has 4 fully saturated rings. The molecule has 12 aromatic carbocycles. The van der Waals surface area contributed by atoms with Crippen molar-refractivity contribution < 1.29 is 61.7 Å². The van der Waals surface area contributed by atoms with Gasteiger partial charge in [0.05, 0.1) is 21.3 Å². The van der Waals surface area contributed by atoms with E-state index in [-0.39, 0.29) is 26.4 Å². The summed E-state index contributed by atoms with van der Waals surface area (Å²) in [5.74, 6) is 9.85. The number of thiophene rings is 2. The van der Waals surface area contributed by atoms with Gasteiger partial charge in [-0.25, -0.2) is 4.98 Å². The average molecular weight is 1980 g/mol. The molecule has 24 rings (SSSR count). The van der Waals surface area contributed by atoms with Crippen LogP contribution in [-0.4, -0.2) is 204 Å². The van der Waals surface area contributed by atoms with Crippen molar-refractivity contribution in [2.45, 2.75) is 127 Å². The molecule has 4 atom stereocenters. The van der Waals surface area contributed by atoms with Gasteiger partial charge in [0.2, 0.25) is 0 Å². The fourth-order valence-electron chi connectivity index (χ4n) is 20.9. The molecule has 20 aromatic rings. The van der Waals surface area contributed by atoms with Gasteiger partial charge in [-0.3, -0.25) is 4.68 Å². The molecule has 0 spiro atoms. The van der Waals surface area contributed by atoms with Crippen molar-refractivity contribution in [3.05, 3.63) is 325 Å². The van der Waals surface area contributed by atoms with Crippen molar-refractivity contribution in [3.8, 4) is 67.6 Å². The van der Waals surface area contributed by atoms with Crippen LogP contribution < -0.4 is 18.9 Å². The van der Waals surface area contributed by atoms with Crippen LogP contribution in [0.3, 0.4) is 0 Å². The van der Waals surface area contributed by atoms with Crippen molar-refractivity contribution in [1.82, 2.24) is 54.6 Å². The number of fused-ring (bicyclic) bond motifs is 8. The summed E-state index contributed by atoms with van der Waals surface area (Å²) in [6.45, 7) is 18.8. The maximum absolute atomic E-state index is 10.7. The minimum absolute atomic E-state index is 0.206. The summed E-state index contributed by atoms with van der Waals surface area (Å²) in [5, 5.41) is 69.5.